The second kappa shape index (κ2) is 7.20. The lowest BCUT2D eigenvalue weighted by Gasteiger charge is -2.52. The molecule has 1 heteroatoms. The highest BCUT2D eigenvalue weighted by molar-refractivity contribution is 5.81. The normalized spacial score (nSPS) is 44.0. The van der Waals surface area contributed by atoms with Gasteiger partial charge in [-0.15, -0.1) is 0 Å². The van der Waals surface area contributed by atoms with Gasteiger partial charge >= 0.3 is 0 Å². The van der Waals surface area contributed by atoms with Gasteiger partial charge in [-0.25, -0.2) is 0 Å². The molecule has 0 aliphatic heterocycles. The molecule has 3 rings (SSSR count). The summed E-state index contributed by atoms with van der Waals surface area (Å²) in [6.07, 6.45) is 12.5. The molecule has 0 bridgehead atoms. The number of hydrogen-bond acceptors (Lipinski definition) is 1. The lowest BCUT2D eigenvalue weighted by Crippen LogP contribution is -2.47. The van der Waals surface area contributed by atoms with Gasteiger partial charge in [-0.1, -0.05) is 53.7 Å². The van der Waals surface area contributed by atoms with Crippen molar-refractivity contribution < 1.29 is 4.79 Å². The molecule has 0 aromatic heterocycles. The Morgan fingerprint density at radius 1 is 1.00 bits per heavy atom. The third-order valence-electron chi connectivity index (χ3n) is 8.84. The fourth-order valence-corrected chi connectivity index (χ4v) is 6.74. The lowest BCUT2D eigenvalue weighted by atomic mass is 9.52. The number of rotatable bonds is 4. The maximum Gasteiger partial charge on any atom is 0.135 e. The minimum Gasteiger partial charge on any atom is -0.299 e. The van der Waals surface area contributed by atoms with Gasteiger partial charge in [-0.05, 0) is 78.9 Å². The van der Waals surface area contributed by atoms with Crippen molar-refractivity contribution >= 4 is 5.78 Å². The third-order valence-corrected chi connectivity index (χ3v) is 8.84. The van der Waals surface area contributed by atoms with Gasteiger partial charge in [0.05, 0.1) is 0 Å². The predicted molar refractivity (Wildman–Crippen MR) is 106 cm³/mol. The maximum absolute atomic E-state index is 12.2. The molecule has 3 saturated carbocycles. The Balaban J connectivity index is 1.73. The standard InChI is InChI=1S/C24H40O/c1-15(2)16(3)7-8-17(4)21-10-11-22-20-9-12-23(25)18(5)19(20)13-14-24(21,22)6/h7-8,15-22H,9-14H2,1-6H3/b8-7+/t16-,17+,18-,19+,20+,21+,22+,24-/m0/s1. The first-order valence-electron chi connectivity index (χ1n) is 11.0. The number of carbonyl (C=O) groups is 1. The van der Waals surface area contributed by atoms with Gasteiger partial charge in [0, 0.05) is 12.3 Å². The number of hydrogen-bond donors (Lipinski definition) is 0. The molecule has 0 saturated heterocycles. The van der Waals surface area contributed by atoms with Gasteiger partial charge in [0.15, 0.2) is 0 Å². The van der Waals surface area contributed by atoms with Gasteiger partial charge in [0.2, 0.25) is 0 Å². The fourth-order valence-electron chi connectivity index (χ4n) is 6.74. The monoisotopic (exact) mass is 344 g/mol. The van der Waals surface area contributed by atoms with E-state index < -0.39 is 0 Å². The highest BCUT2D eigenvalue weighted by Crippen LogP contribution is 2.63. The minimum atomic E-state index is 0.326. The molecule has 0 amide bonds. The smallest absolute Gasteiger partial charge is 0.135 e. The first-order valence-corrected chi connectivity index (χ1v) is 11.0. The fraction of sp³-hybridized carbons (Fsp3) is 0.875. The third kappa shape index (κ3) is 3.37. The summed E-state index contributed by atoms with van der Waals surface area (Å²) in [7, 11) is 0. The highest BCUT2D eigenvalue weighted by Gasteiger charge is 2.56. The average Bonchev–Trinajstić information content (AvgIpc) is 2.92. The van der Waals surface area contributed by atoms with Crippen molar-refractivity contribution in [1.29, 1.82) is 0 Å². The van der Waals surface area contributed by atoms with E-state index in [1.54, 1.807) is 0 Å². The van der Waals surface area contributed by atoms with Gasteiger partial charge in [0.1, 0.15) is 5.78 Å². The summed E-state index contributed by atoms with van der Waals surface area (Å²) in [5.74, 6) is 6.17. The molecular formula is C24H40O. The van der Waals surface area contributed by atoms with E-state index in [0.29, 0.717) is 34.9 Å². The van der Waals surface area contributed by atoms with Crippen molar-refractivity contribution in [3.05, 3.63) is 12.2 Å². The second-order valence-corrected chi connectivity index (χ2v) is 10.3. The summed E-state index contributed by atoms with van der Waals surface area (Å²) < 4.78 is 0. The quantitative estimate of drug-likeness (QED) is 0.530. The molecule has 3 aliphatic rings. The molecule has 0 N–H and O–H groups in total. The Bertz CT molecular complexity index is 518. The SMILES string of the molecule is CC(C)[C@@H](C)/C=C/[C@@H](C)[C@H]1CC[C@@H]2[C@@H]3CCC(=O)[C@@H](C)[C@H]3CC[C@]21C. The van der Waals surface area contributed by atoms with E-state index in [4.69, 9.17) is 0 Å². The molecule has 0 aromatic rings. The number of fused-ring (bicyclic) bond motifs is 3. The molecule has 0 radical (unpaired) electrons. The Labute approximate surface area is 156 Å². The number of ketones is 1. The molecule has 1 nitrogen and oxygen atoms in total. The van der Waals surface area contributed by atoms with Crippen molar-refractivity contribution in [1.82, 2.24) is 0 Å². The predicted octanol–water partition coefficient (Wildman–Crippen LogP) is 6.53. The molecular weight excluding hydrogens is 304 g/mol. The molecule has 0 aromatic carbocycles. The number of carbonyl (C=O) groups excluding carboxylic acids is 1. The van der Waals surface area contributed by atoms with Crippen molar-refractivity contribution in [3.63, 3.8) is 0 Å². The Morgan fingerprint density at radius 2 is 1.72 bits per heavy atom. The van der Waals surface area contributed by atoms with E-state index in [-0.39, 0.29) is 0 Å². The van der Waals surface area contributed by atoms with Crippen molar-refractivity contribution in [3.8, 4) is 0 Å². The van der Waals surface area contributed by atoms with E-state index in [1.807, 2.05) is 0 Å². The molecule has 0 unspecified atom stereocenters. The van der Waals surface area contributed by atoms with Crippen LogP contribution in [0.25, 0.3) is 0 Å². The van der Waals surface area contributed by atoms with Gasteiger partial charge in [-0.3, -0.25) is 4.79 Å². The minimum absolute atomic E-state index is 0.326. The van der Waals surface area contributed by atoms with Gasteiger partial charge in [-0.2, -0.15) is 0 Å². The molecule has 142 valence electrons. The van der Waals surface area contributed by atoms with E-state index >= 15 is 0 Å². The maximum atomic E-state index is 12.2. The summed E-state index contributed by atoms with van der Waals surface area (Å²) in [6.45, 7) is 14.3. The summed E-state index contributed by atoms with van der Waals surface area (Å²) in [5.41, 5.74) is 0.506. The zero-order valence-electron chi connectivity index (χ0n) is 17.4. The van der Waals surface area contributed by atoms with Crippen LogP contribution in [-0.4, -0.2) is 5.78 Å². The largest absolute Gasteiger partial charge is 0.299 e. The van der Waals surface area contributed by atoms with Crippen LogP contribution in [0.4, 0.5) is 0 Å². The zero-order chi connectivity index (χ0) is 18.4. The zero-order valence-corrected chi connectivity index (χ0v) is 17.4. The summed E-state index contributed by atoms with van der Waals surface area (Å²) >= 11 is 0. The molecule has 3 fully saturated rings. The lowest BCUT2D eigenvalue weighted by molar-refractivity contribution is -0.132. The van der Waals surface area contributed by atoms with Crippen LogP contribution in [0, 0.1) is 52.8 Å². The number of Topliss-reactive ketones (excluding diaryl/α,β-unsaturated/α-hetero) is 1. The summed E-state index contributed by atoms with van der Waals surface area (Å²) in [4.78, 5) is 12.2. The Hall–Kier alpha value is -0.590. The van der Waals surface area contributed by atoms with Crippen LogP contribution >= 0.6 is 0 Å². The summed E-state index contributed by atoms with van der Waals surface area (Å²) in [6, 6.07) is 0. The van der Waals surface area contributed by atoms with Gasteiger partial charge < -0.3 is 0 Å². The molecule has 3 aliphatic carbocycles. The van der Waals surface area contributed by atoms with E-state index in [0.717, 1.165) is 30.1 Å². The Kier molecular flexibility index (Phi) is 5.52. The van der Waals surface area contributed by atoms with Gasteiger partial charge in [0.25, 0.3) is 0 Å². The van der Waals surface area contributed by atoms with E-state index in [1.165, 1.54) is 32.1 Å². The van der Waals surface area contributed by atoms with Crippen molar-refractivity contribution in [2.45, 2.75) is 80.1 Å². The van der Waals surface area contributed by atoms with Crippen LogP contribution in [0.15, 0.2) is 12.2 Å². The molecule has 25 heavy (non-hydrogen) atoms. The average molecular weight is 345 g/mol. The highest BCUT2D eigenvalue weighted by atomic mass is 16.1. The number of allylic oxidation sites excluding steroid dienone is 2. The van der Waals surface area contributed by atoms with E-state index in [9.17, 15) is 4.79 Å². The summed E-state index contributed by atoms with van der Waals surface area (Å²) in [5, 5.41) is 0. The Morgan fingerprint density at radius 3 is 2.40 bits per heavy atom. The first kappa shape index (κ1) is 19.2. The molecule has 8 atom stereocenters. The van der Waals surface area contributed by atoms with Crippen LogP contribution in [0.5, 0.6) is 0 Å². The molecule has 0 spiro atoms. The molecule has 0 heterocycles. The van der Waals surface area contributed by atoms with Crippen molar-refractivity contribution in [2.75, 3.05) is 0 Å². The van der Waals surface area contributed by atoms with Crippen LogP contribution in [0.2, 0.25) is 0 Å². The van der Waals surface area contributed by atoms with Crippen LogP contribution in [-0.2, 0) is 4.79 Å². The van der Waals surface area contributed by atoms with Crippen LogP contribution in [0.1, 0.15) is 80.1 Å². The first-order chi connectivity index (χ1) is 11.8. The second-order valence-electron chi connectivity index (χ2n) is 10.3. The van der Waals surface area contributed by atoms with Crippen LogP contribution < -0.4 is 0 Å². The van der Waals surface area contributed by atoms with E-state index in [2.05, 4.69) is 53.7 Å². The van der Waals surface area contributed by atoms with Crippen LogP contribution in [0.3, 0.4) is 0 Å². The van der Waals surface area contributed by atoms with Crippen molar-refractivity contribution in [2.24, 2.45) is 52.8 Å². The topological polar surface area (TPSA) is 17.1 Å².